The van der Waals surface area contributed by atoms with E-state index in [4.69, 9.17) is 0 Å². The molecule has 1 aliphatic rings. The van der Waals surface area contributed by atoms with Gasteiger partial charge >= 0.3 is 0 Å². The molecule has 0 aromatic carbocycles. The molecule has 0 aromatic rings. The van der Waals surface area contributed by atoms with E-state index in [0.29, 0.717) is 18.2 Å². The number of rotatable bonds is 8. The smallest absolute Gasteiger partial charge is 0.211 e. The lowest BCUT2D eigenvalue weighted by Crippen LogP contribution is -2.35. The van der Waals surface area contributed by atoms with Gasteiger partial charge in [0, 0.05) is 13.1 Å². The van der Waals surface area contributed by atoms with Crippen molar-refractivity contribution in [1.82, 2.24) is 10.0 Å². The fraction of sp³-hybridized carbons (Fsp3) is 1.00. The molecule has 1 rings (SSSR count). The minimum Gasteiger partial charge on any atom is -0.315 e. The third-order valence-corrected chi connectivity index (χ3v) is 4.78. The molecule has 0 amide bonds. The average molecular weight is 262 g/mol. The highest BCUT2D eigenvalue weighted by Gasteiger charge is 2.20. The number of hydrogen-bond donors (Lipinski definition) is 2. The Morgan fingerprint density at radius 2 is 1.76 bits per heavy atom. The van der Waals surface area contributed by atoms with Crippen molar-refractivity contribution in [3.63, 3.8) is 0 Å². The van der Waals surface area contributed by atoms with Crippen molar-refractivity contribution in [3.05, 3.63) is 0 Å². The van der Waals surface area contributed by atoms with Gasteiger partial charge < -0.3 is 5.32 Å². The van der Waals surface area contributed by atoms with E-state index in [1.165, 1.54) is 19.3 Å². The van der Waals surface area contributed by atoms with Crippen LogP contribution in [0.2, 0.25) is 0 Å². The van der Waals surface area contributed by atoms with Gasteiger partial charge in [-0.1, -0.05) is 26.2 Å². The molecule has 0 aliphatic heterocycles. The van der Waals surface area contributed by atoms with E-state index in [0.717, 1.165) is 32.4 Å². The van der Waals surface area contributed by atoms with Crippen LogP contribution >= 0.6 is 0 Å². The third kappa shape index (κ3) is 7.01. The largest absolute Gasteiger partial charge is 0.315 e. The summed E-state index contributed by atoms with van der Waals surface area (Å²) >= 11 is 0. The van der Waals surface area contributed by atoms with Crippen LogP contribution in [0.5, 0.6) is 0 Å². The monoisotopic (exact) mass is 262 g/mol. The van der Waals surface area contributed by atoms with Gasteiger partial charge in [-0.05, 0) is 31.7 Å². The predicted molar refractivity (Wildman–Crippen MR) is 71.5 cm³/mol. The average Bonchev–Trinajstić information content (AvgIpc) is 2.29. The predicted octanol–water partition coefficient (Wildman–Crippen LogP) is 1.49. The summed E-state index contributed by atoms with van der Waals surface area (Å²) in [7, 11) is -3.06. The first kappa shape index (κ1) is 14.9. The van der Waals surface area contributed by atoms with Gasteiger partial charge in [-0.15, -0.1) is 0 Å². The summed E-state index contributed by atoms with van der Waals surface area (Å²) in [6.45, 7) is 4.28. The van der Waals surface area contributed by atoms with E-state index < -0.39 is 10.0 Å². The van der Waals surface area contributed by atoms with E-state index in [9.17, 15) is 8.42 Å². The van der Waals surface area contributed by atoms with E-state index >= 15 is 0 Å². The third-order valence-electron chi connectivity index (χ3n) is 3.23. The van der Waals surface area contributed by atoms with Gasteiger partial charge in [-0.25, -0.2) is 13.1 Å². The second-order valence-electron chi connectivity index (χ2n) is 4.93. The van der Waals surface area contributed by atoms with Gasteiger partial charge in [0.25, 0.3) is 0 Å². The molecule has 5 heteroatoms. The molecule has 2 N–H and O–H groups in total. The summed E-state index contributed by atoms with van der Waals surface area (Å²) in [5.41, 5.74) is 0. The Morgan fingerprint density at radius 1 is 1.06 bits per heavy atom. The topological polar surface area (TPSA) is 58.2 Å². The Labute approximate surface area is 106 Å². The fourth-order valence-corrected chi connectivity index (χ4v) is 3.80. The van der Waals surface area contributed by atoms with Crippen molar-refractivity contribution in [2.24, 2.45) is 5.92 Å². The Hall–Kier alpha value is -0.130. The first-order valence-electron chi connectivity index (χ1n) is 6.82. The molecule has 1 aliphatic carbocycles. The first-order valence-corrected chi connectivity index (χ1v) is 8.47. The van der Waals surface area contributed by atoms with Crippen LogP contribution in [0, 0.1) is 5.92 Å². The van der Waals surface area contributed by atoms with Crippen molar-refractivity contribution < 1.29 is 8.42 Å². The summed E-state index contributed by atoms with van der Waals surface area (Å²) in [5.74, 6) is 0.700. The highest BCUT2D eigenvalue weighted by atomic mass is 32.2. The van der Waals surface area contributed by atoms with E-state index in [1.54, 1.807) is 0 Å². The second kappa shape index (κ2) is 8.06. The summed E-state index contributed by atoms with van der Waals surface area (Å²) in [5, 5.41) is 3.18. The molecule has 102 valence electrons. The molecule has 1 fully saturated rings. The van der Waals surface area contributed by atoms with Gasteiger partial charge in [0.2, 0.25) is 10.0 Å². The van der Waals surface area contributed by atoms with Crippen LogP contribution < -0.4 is 10.0 Å². The molecule has 0 bridgehead atoms. The maximum Gasteiger partial charge on any atom is 0.211 e. The van der Waals surface area contributed by atoms with Crippen LogP contribution in [0.3, 0.4) is 0 Å². The normalized spacial score (nSPS) is 18.4. The highest BCUT2D eigenvalue weighted by Crippen LogP contribution is 2.24. The standard InChI is InChI=1S/C12H26N2O2S/c1-2-8-13-9-10-14-17(15,16)11-12-6-4-3-5-7-12/h12-14H,2-11H2,1H3. The Balaban J connectivity index is 2.16. The lowest BCUT2D eigenvalue weighted by atomic mass is 9.91. The van der Waals surface area contributed by atoms with Gasteiger partial charge in [0.15, 0.2) is 0 Å². The molecular weight excluding hydrogens is 236 g/mol. The van der Waals surface area contributed by atoms with Crippen molar-refractivity contribution in [2.45, 2.75) is 45.4 Å². The molecule has 1 saturated carbocycles. The van der Waals surface area contributed by atoms with Crippen molar-refractivity contribution in [1.29, 1.82) is 0 Å². The summed E-state index contributed by atoms with van der Waals surface area (Å²) in [6, 6.07) is 0. The molecule has 4 nitrogen and oxygen atoms in total. The lowest BCUT2D eigenvalue weighted by Gasteiger charge is -2.21. The Bertz CT molecular complexity index is 285. The molecular formula is C12H26N2O2S. The minimum absolute atomic E-state index is 0.320. The lowest BCUT2D eigenvalue weighted by molar-refractivity contribution is 0.384. The molecule has 0 atom stereocenters. The maximum atomic E-state index is 11.8. The molecule has 0 saturated heterocycles. The van der Waals surface area contributed by atoms with E-state index in [2.05, 4.69) is 17.0 Å². The van der Waals surface area contributed by atoms with Crippen molar-refractivity contribution in [2.75, 3.05) is 25.4 Å². The highest BCUT2D eigenvalue weighted by molar-refractivity contribution is 7.89. The van der Waals surface area contributed by atoms with Crippen LogP contribution in [0.15, 0.2) is 0 Å². The Kier molecular flexibility index (Phi) is 7.08. The molecule has 0 spiro atoms. The summed E-state index contributed by atoms with van der Waals surface area (Å²) < 4.78 is 26.3. The SMILES string of the molecule is CCCNCCNS(=O)(=O)CC1CCCCC1. The van der Waals surface area contributed by atoms with Crippen LogP contribution in [-0.2, 0) is 10.0 Å². The van der Waals surface area contributed by atoms with Crippen LogP contribution in [-0.4, -0.2) is 33.8 Å². The Morgan fingerprint density at radius 3 is 2.41 bits per heavy atom. The molecule has 0 unspecified atom stereocenters. The van der Waals surface area contributed by atoms with E-state index in [1.807, 2.05) is 0 Å². The van der Waals surface area contributed by atoms with Crippen molar-refractivity contribution >= 4 is 10.0 Å². The zero-order chi connectivity index (χ0) is 12.6. The molecule has 0 heterocycles. The zero-order valence-electron chi connectivity index (χ0n) is 10.9. The zero-order valence-corrected chi connectivity index (χ0v) is 11.7. The van der Waals surface area contributed by atoms with Gasteiger partial charge in [-0.2, -0.15) is 0 Å². The van der Waals surface area contributed by atoms with E-state index in [-0.39, 0.29) is 0 Å². The molecule has 0 radical (unpaired) electrons. The van der Waals surface area contributed by atoms with Gasteiger partial charge in [0.1, 0.15) is 0 Å². The van der Waals surface area contributed by atoms with Crippen molar-refractivity contribution in [3.8, 4) is 0 Å². The summed E-state index contributed by atoms with van der Waals surface area (Å²) in [4.78, 5) is 0. The summed E-state index contributed by atoms with van der Waals surface area (Å²) in [6.07, 6.45) is 6.89. The van der Waals surface area contributed by atoms with Gasteiger partial charge in [-0.3, -0.25) is 0 Å². The fourth-order valence-electron chi connectivity index (χ4n) is 2.32. The van der Waals surface area contributed by atoms with Crippen LogP contribution in [0.25, 0.3) is 0 Å². The molecule has 17 heavy (non-hydrogen) atoms. The quantitative estimate of drug-likeness (QED) is 0.652. The van der Waals surface area contributed by atoms with Crippen LogP contribution in [0.1, 0.15) is 45.4 Å². The minimum atomic E-state index is -3.06. The molecule has 0 aromatic heterocycles. The number of sulfonamides is 1. The maximum absolute atomic E-state index is 11.8. The first-order chi connectivity index (χ1) is 8.14. The van der Waals surface area contributed by atoms with Crippen LogP contribution in [0.4, 0.5) is 0 Å². The number of nitrogens with one attached hydrogen (secondary N) is 2. The second-order valence-corrected chi connectivity index (χ2v) is 6.78. The van der Waals surface area contributed by atoms with Gasteiger partial charge in [0.05, 0.1) is 5.75 Å². The number of hydrogen-bond acceptors (Lipinski definition) is 3.